The molecule has 9 nitrogen and oxygen atoms in total. The second kappa shape index (κ2) is 7.09. The molecule has 0 spiro atoms. The summed E-state index contributed by atoms with van der Waals surface area (Å²) in [6.45, 7) is 10.7. The molecule has 144 valence electrons. The molecule has 0 bridgehead atoms. The van der Waals surface area contributed by atoms with Gasteiger partial charge < -0.3 is 9.15 Å². The van der Waals surface area contributed by atoms with Crippen molar-refractivity contribution in [3.63, 3.8) is 0 Å². The third-order valence-corrected chi connectivity index (χ3v) is 6.42. The van der Waals surface area contributed by atoms with Gasteiger partial charge in [-0.05, 0) is 19.8 Å². The number of hydrogen-bond donors (Lipinski definition) is 0. The smallest absolute Gasteiger partial charge is 0.246 e. The number of sulfonamides is 1. The first-order valence-corrected chi connectivity index (χ1v) is 10.1. The van der Waals surface area contributed by atoms with Crippen LogP contribution in [0, 0.1) is 26.7 Å². The van der Waals surface area contributed by atoms with Crippen LogP contribution in [0.3, 0.4) is 0 Å². The van der Waals surface area contributed by atoms with Crippen molar-refractivity contribution in [3.8, 4) is 0 Å². The van der Waals surface area contributed by atoms with Gasteiger partial charge in [0, 0.05) is 26.6 Å². The number of rotatable bonds is 5. The first-order valence-electron chi connectivity index (χ1n) is 8.66. The third-order valence-electron chi connectivity index (χ3n) is 4.30. The molecule has 0 unspecified atom stereocenters. The minimum absolute atomic E-state index is 0.137. The first kappa shape index (κ1) is 19.0. The Morgan fingerprint density at radius 1 is 1.23 bits per heavy atom. The quantitative estimate of drug-likeness (QED) is 0.772. The average Bonchev–Trinajstić information content (AvgIpc) is 3.11. The molecule has 0 radical (unpaired) electrons. The molecule has 1 saturated heterocycles. The van der Waals surface area contributed by atoms with E-state index in [0.717, 1.165) is 0 Å². The van der Waals surface area contributed by atoms with E-state index >= 15 is 0 Å². The SMILES string of the molecule is Cc1nnc([C@@H]2CN(S(=O)(=O)c3c(C)nn(CC(C)C)c3C)CCO2)o1. The molecule has 1 atom stereocenters. The van der Waals surface area contributed by atoms with Gasteiger partial charge in [-0.1, -0.05) is 13.8 Å². The van der Waals surface area contributed by atoms with Crippen molar-refractivity contribution < 1.29 is 17.6 Å². The molecule has 0 amide bonds. The summed E-state index contributed by atoms with van der Waals surface area (Å²) in [5.41, 5.74) is 1.17. The Morgan fingerprint density at radius 2 is 1.96 bits per heavy atom. The molecular formula is C16H25N5O4S. The highest BCUT2D eigenvalue weighted by Gasteiger charge is 2.36. The lowest BCUT2D eigenvalue weighted by molar-refractivity contribution is -0.0177. The molecule has 0 aromatic carbocycles. The van der Waals surface area contributed by atoms with Gasteiger partial charge in [0.15, 0.2) is 0 Å². The molecule has 10 heteroatoms. The van der Waals surface area contributed by atoms with Crippen LogP contribution < -0.4 is 0 Å². The topological polar surface area (TPSA) is 103 Å². The zero-order valence-electron chi connectivity index (χ0n) is 15.8. The minimum Gasteiger partial charge on any atom is -0.423 e. The Balaban J connectivity index is 1.89. The number of morpholine rings is 1. The highest BCUT2D eigenvalue weighted by atomic mass is 32.2. The molecule has 2 aromatic heterocycles. The van der Waals surface area contributed by atoms with Gasteiger partial charge in [-0.25, -0.2) is 8.42 Å². The zero-order chi connectivity index (χ0) is 19.1. The number of ether oxygens (including phenoxy) is 1. The largest absolute Gasteiger partial charge is 0.423 e. The van der Waals surface area contributed by atoms with Crippen LogP contribution in [0.2, 0.25) is 0 Å². The molecule has 0 saturated carbocycles. The fourth-order valence-electron chi connectivity index (χ4n) is 3.14. The van der Waals surface area contributed by atoms with Crippen LogP contribution in [0.4, 0.5) is 0 Å². The van der Waals surface area contributed by atoms with Crippen LogP contribution in [-0.2, 0) is 21.3 Å². The van der Waals surface area contributed by atoms with Crippen molar-refractivity contribution in [2.45, 2.75) is 52.2 Å². The molecule has 3 rings (SSSR count). The lowest BCUT2D eigenvalue weighted by Crippen LogP contribution is -2.42. The van der Waals surface area contributed by atoms with Crippen molar-refractivity contribution in [1.29, 1.82) is 0 Å². The maximum absolute atomic E-state index is 13.3. The van der Waals surface area contributed by atoms with E-state index in [9.17, 15) is 8.42 Å². The van der Waals surface area contributed by atoms with Gasteiger partial charge in [0.25, 0.3) is 0 Å². The van der Waals surface area contributed by atoms with E-state index in [0.29, 0.717) is 35.6 Å². The van der Waals surface area contributed by atoms with E-state index in [-0.39, 0.29) is 24.6 Å². The maximum Gasteiger partial charge on any atom is 0.246 e. The van der Waals surface area contributed by atoms with E-state index in [1.807, 2.05) is 0 Å². The number of nitrogens with zero attached hydrogens (tertiary/aromatic N) is 5. The van der Waals surface area contributed by atoms with Crippen LogP contribution in [0.1, 0.15) is 43.1 Å². The van der Waals surface area contributed by atoms with Gasteiger partial charge in [0.2, 0.25) is 21.8 Å². The minimum atomic E-state index is -3.69. The molecule has 1 aliphatic rings. The van der Waals surface area contributed by atoms with Gasteiger partial charge in [0.1, 0.15) is 11.0 Å². The van der Waals surface area contributed by atoms with Crippen LogP contribution >= 0.6 is 0 Å². The van der Waals surface area contributed by atoms with Crippen LogP contribution in [-0.4, -0.2) is 52.4 Å². The Bertz CT molecular complexity index is 887. The Hall–Kier alpha value is -1.78. The Labute approximate surface area is 153 Å². The highest BCUT2D eigenvalue weighted by molar-refractivity contribution is 7.89. The summed E-state index contributed by atoms with van der Waals surface area (Å²) in [4.78, 5) is 0.278. The second-order valence-electron chi connectivity index (χ2n) is 6.96. The summed E-state index contributed by atoms with van der Waals surface area (Å²) in [6, 6.07) is 0. The fourth-order valence-corrected chi connectivity index (χ4v) is 4.94. The van der Waals surface area contributed by atoms with Gasteiger partial charge >= 0.3 is 0 Å². The number of hydrogen-bond acceptors (Lipinski definition) is 7. The van der Waals surface area contributed by atoms with Crippen molar-refractivity contribution in [2.24, 2.45) is 5.92 Å². The monoisotopic (exact) mass is 383 g/mol. The molecule has 3 heterocycles. The van der Waals surface area contributed by atoms with E-state index in [1.54, 1.807) is 25.5 Å². The van der Waals surface area contributed by atoms with E-state index < -0.39 is 16.1 Å². The fraction of sp³-hybridized carbons (Fsp3) is 0.688. The summed E-state index contributed by atoms with van der Waals surface area (Å²) < 4.78 is 40.7. The summed E-state index contributed by atoms with van der Waals surface area (Å²) in [6.07, 6.45) is -0.564. The first-order chi connectivity index (χ1) is 12.2. The van der Waals surface area contributed by atoms with E-state index in [1.165, 1.54) is 4.31 Å². The van der Waals surface area contributed by atoms with Crippen molar-refractivity contribution in [3.05, 3.63) is 23.2 Å². The van der Waals surface area contributed by atoms with E-state index in [2.05, 4.69) is 29.1 Å². The third kappa shape index (κ3) is 3.53. The van der Waals surface area contributed by atoms with Crippen molar-refractivity contribution in [2.75, 3.05) is 19.7 Å². The predicted octanol–water partition coefficient (Wildman–Crippen LogP) is 1.61. The normalized spacial score (nSPS) is 19.4. The van der Waals surface area contributed by atoms with Crippen LogP contribution in [0.15, 0.2) is 9.31 Å². The molecule has 2 aromatic rings. The lowest BCUT2D eigenvalue weighted by atomic mass is 10.2. The lowest BCUT2D eigenvalue weighted by Gasteiger charge is -2.30. The van der Waals surface area contributed by atoms with Gasteiger partial charge in [-0.15, -0.1) is 10.2 Å². The van der Waals surface area contributed by atoms with Crippen LogP contribution in [0.5, 0.6) is 0 Å². The van der Waals surface area contributed by atoms with Gasteiger partial charge in [-0.3, -0.25) is 4.68 Å². The highest BCUT2D eigenvalue weighted by Crippen LogP contribution is 2.29. The average molecular weight is 383 g/mol. The van der Waals surface area contributed by atoms with Crippen LogP contribution in [0.25, 0.3) is 0 Å². The molecule has 0 N–H and O–H groups in total. The van der Waals surface area contributed by atoms with Gasteiger partial charge in [0.05, 0.1) is 18.0 Å². The molecule has 1 fully saturated rings. The standard InChI is InChI=1S/C16H25N5O4S/c1-10(2)8-21-12(4)15(11(3)19-21)26(22,23)20-6-7-24-14(9-20)16-18-17-13(5)25-16/h10,14H,6-9H2,1-5H3/t14-/m0/s1. The molecule has 26 heavy (non-hydrogen) atoms. The van der Waals surface area contributed by atoms with E-state index in [4.69, 9.17) is 9.15 Å². The predicted molar refractivity (Wildman–Crippen MR) is 93.0 cm³/mol. The summed E-state index contributed by atoms with van der Waals surface area (Å²) >= 11 is 0. The zero-order valence-corrected chi connectivity index (χ0v) is 16.6. The Kier molecular flexibility index (Phi) is 5.18. The summed E-state index contributed by atoms with van der Waals surface area (Å²) in [7, 11) is -3.69. The Morgan fingerprint density at radius 3 is 2.58 bits per heavy atom. The summed E-state index contributed by atoms with van der Waals surface area (Å²) in [5, 5.41) is 12.2. The van der Waals surface area contributed by atoms with Crippen molar-refractivity contribution >= 4 is 10.0 Å². The second-order valence-corrected chi connectivity index (χ2v) is 8.83. The molecule has 0 aliphatic carbocycles. The molecule has 1 aliphatic heterocycles. The summed E-state index contributed by atoms with van der Waals surface area (Å²) in [5.74, 6) is 1.09. The number of aryl methyl sites for hydroxylation is 2. The maximum atomic E-state index is 13.3. The van der Waals surface area contributed by atoms with Crippen molar-refractivity contribution in [1.82, 2.24) is 24.3 Å². The van der Waals surface area contributed by atoms with Gasteiger partial charge in [-0.2, -0.15) is 9.40 Å². The molecular weight excluding hydrogens is 358 g/mol. The number of aromatic nitrogens is 4.